The highest BCUT2D eigenvalue weighted by atomic mass is 32.3. The van der Waals surface area contributed by atoms with Crippen molar-refractivity contribution in [3.05, 3.63) is 35.9 Å². The molecule has 0 amide bonds. The standard InChI is InChI=1S/C10H15N.H2O4S/c1-10(2,11)8-9-6-4-3-5-7-9;1-5(2,3)4/h3-7H,8,11H2,1-2H3;(H2,1,2,3,4). The lowest BCUT2D eigenvalue weighted by Gasteiger charge is -2.17. The van der Waals surface area contributed by atoms with Crippen molar-refractivity contribution in [2.24, 2.45) is 5.73 Å². The fourth-order valence-corrected chi connectivity index (χ4v) is 1.12. The van der Waals surface area contributed by atoms with E-state index in [1.54, 1.807) is 0 Å². The molecule has 16 heavy (non-hydrogen) atoms. The number of rotatable bonds is 2. The minimum Gasteiger partial charge on any atom is -0.325 e. The molecule has 1 aromatic carbocycles. The Morgan fingerprint density at radius 2 is 1.56 bits per heavy atom. The molecule has 0 saturated heterocycles. The van der Waals surface area contributed by atoms with Crippen molar-refractivity contribution >= 4 is 10.4 Å². The van der Waals surface area contributed by atoms with Crippen LogP contribution in [0, 0.1) is 0 Å². The van der Waals surface area contributed by atoms with Crippen LogP contribution >= 0.6 is 0 Å². The Labute approximate surface area is 95.9 Å². The monoisotopic (exact) mass is 247 g/mol. The molecule has 0 aliphatic carbocycles. The zero-order valence-corrected chi connectivity index (χ0v) is 10.1. The van der Waals surface area contributed by atoms with Gasteiger partial charge in [-0.1, -0.05) is 30.3 Å². The molecule has 0 heterocycles. The van der Waals surface area contributed by atoms with Crippen LogP contribution < -0.4 is 5.73 Å². The lowest BCUT2D eigenvalue weighted by atomic mass is 9.96. The Hall–Kier alpha value is -0.950. The molecule has 0 atom stereocenters. The topological polar surface area (TPSA) is 101 Å². The van der Waals surface area contributed by atoms with Gasteiger partial charge in [-0.3, -0.25) is 9.11 Å². The largest absolute Gasteiger partial charge is 0.394 e. The van der Waals surface area contributed by atoms with Gasteiger partial charge in [0.15, 0.2) is 0 Å². The smallest absolute Gasteiger partial charge is 0.325 e. The summed E-state index contributed by atoms with van der Waals surface area (Å²) in [6.45, 7) is 4.08. The van der Waals surface area contributed by atoms with Crippen LogP contribution in [0.1, 0.15) is 19.4 Å². The van der Waals surface area contributed by atoms with Crippen molar-refractivity contribution in [3.8, 4) is 0 Å². The molecule has 1 rings (SSSR count). The van der Waals surface area contributed by atoms with E-state index < -0.39 is 10.4 Å². The summed E-state index contributed by atoms with van der Waals surface area (Å²) in [5.41, 5.74) is 7.08. The van der Waals surface area contributed by atoms with E-state index in [0.29, 0.717) is 0 Å². The van der Waals surface area contributed by atoms with Gasteiger partial charge < -0.3 is 5.73 Å². The molecule has 92 valence electrons. The maximum absolute atomic E-state index is 8.74. The molecule has 5 nitrogen and oxygen atoms in total. The first-order valence-corrected chi connectivity index (χ1v) is 6.00. The summed E-state index contributed by atoms with van der Waals surface area (Å²) in [7, 11) is -4.67. The van der Waals surface area contributed by atoms with Gasteiger partial charge in [-0.05, 0) is 25.8 Å². The van der Waals surface area contributed by atoms with Crippen molar-refractivity contribution in [3.63, 3.8) is 0 Å². The van der Waals surface area contributed by atoms with Crippen LogP contribution in [0.25, 0.3) is 0 Å². The third-order valence-electron chi connectivity index (χ3n) is 1.50. The van der Waals surface area contributed by atoms with Gasteiger partial charge in [-0.25, -0.2) is 0 Å². The third-order valence-corrected chi connectivity index (χ3v) is 1.50. The lowest BCUT2D eigenvalue weighted by Crippen LogP contribution is -2.34. The van der Waals surface area contributed by atoms with E-state index in [2.05, 4.69) is 12.1 Å². The van der Waals surface area contributed by atoms with E-state index in [-0.39, 0.29) is 5.54 Å². The lowest BCUT2D eigenvalue weighted by molar-refractivity contribution is 0.381. The number of hydrogen-bond donors (Lipinski definition) is 3. The SMILES string of the molecule is CC(C)(N)Cc1ccccc1.O=S(=O)(O)O. The molecule has 1 aromatic rings. The molecule has 0 aliphatic rings. The van der Waals surface area contributed by atoms with E-state index in [9.17, 15) is 0 Å². The molecular weight excluding hydrogens is 230 g/mol. The zero-order chi connectivity index (χ0) is 12.8. The first-order chi connectivity index (χ1) is 7.08. The number of hydrogen-bond acceptors (Lipinski definition) is 3. The minimum atomic E-state index is -4.67. The summed E-state index contributed by atoms with van der Waals surface area (Å²) in [5.74, 6) is 0. The summed E-state index contributed by atoms with van der Waals surface area (Å²) >= 11 is 0. The van der Waals surface area contributed by atoms with Gasteiger partial charge in [0.25, 0.3) is 0 Å². The van der Waals surface area contributed by atoms with Gasteiger partial charge in [0.05, 0.1) is 0 Å². The van der Waals surface area contributed by atoms with E-state index in [0.717, 1.165) is 6.42 Å². The van der Waals surface area contributed by atoms with Crippen molar-refractivity contribution in [2.45, 2.75) is 25.8 Å². The van der Waals surface area contributed by atoms with Gasteiger partial charge in [-0.15, -0.1) is 0 Å². The van der Waals surface area contributed by atoms with Crippen LogP contribution in [0.3, 0.4) is 0 Å². The summed E-state index contributed by atoms with van der Waals surface area (Å²) in [6.07, 6.45) is 0.938. The van der Waals surface area contributed by atoms with Gasteiger partial charge in [0.1, 0.15) is 0 Å². The third kappa shape index (κ3) is 13.1. The van der Waals surface area contributed by atoms with Crippen molar-refractivity contribution in [2.75, 3.05) is 0 Å². The van der Waals surface area contributed by atoms with E-state index in [1.165, 1.54) is 5.56 Å². The Kier molecular flexibility index (Phi) is 5.60. The van der Waals surface area contributed by atoms with Crippen molar-refractivity contribution in [1.29, 1.82) is 0 Å². The summed E-state index contributed by atoms with van der Waals surface area (Å²) in [4.78, 5) is 0. The molecule has 0 radical (unpaired) electrons. The molecule has 0 spiro atoms. The molecular formula is C10H17NO4S. The normalized spacial score (nSPS) is 11.6. The second-order valence-corrected chi connectivity index (χ2v) is 4.99. The quantitative estimate of drug-likeness (QED) is 0.684. The number of benzene rings is 1. The Morgan fingerprint density at radius 3 is 1.88 bits per heavy atom. The molecule has 0 saturated carbocycles. The van der Waals surface area contributed by atoms with Crippen LogP contribution in [0.15, 0.2) is 30.3 Å². The average Bonchev–Trinajstić information content (AvgIpc) is 1.99. The van der Waals surface area contributed by atoms with Crippen LogP contribution in [0.4, 0.5) is 0 Å². The van der Waals surface area contributed by atoms with Gasteiger partial charge >= 0.3 is 10.4 Å². The predicted octanol–water partition coefficient (Wildman–Crippen LogP) is 1.31. The van der Waals surface area contributed by atoms with Gasteiger partial charge in [0, 0.05) is 5.54 Å². The summed E-state index contributed by atoms with van der Waals surface area (Å²) < 4.78 is 31.6. The van der Waals surface area contributed by atoms with Crippen LogP contribution in [-0.4, -0.2) is 23.1 Å². The number of nitrogens with two attached hydrogens (primary N) is 1. The minimum absolute atomic E-state index is 0.0959. The molecule has 0 bridgehead atoms. The predicted molar refractivity (Wildman–Crippen MR) is 62.6 cm³/mol. The van der Waals surface area contributed by atoms with Gasteiger partial charge in [-0.2, -0.15) is 8.42 Å². The van der Waals surface area contributed by atoms with Crippen molar-refractivity contribution in [1.82, 2.24) is 0 Å². The van der Waals surface area contributed by atoms with E-state index in [4.69, 9.17) is 23.3 Å². The summed E-state index contributed by atoms with van der Waals surface area (Å²) in [6, 6.07) is 10.3. The summed E-state index contributed by atoms with van der Waals surface area (Å²) in [5, 5.41) is 0. The molecule has 0 fully saturated rings. The van der Waals surface area contributed by atoms with Crippen LogP contribution in [0.2, 0.25) is 0 Å². The van der Waals surface area contributed by atoms with Crippen LogP contribution in [-0.2, 0) is 16.8 Å². The second-order valence-electron chi connectivity index (χ2n) is 4.10. The van der Waals surface area contributed by atoms with Gasteiger partial charge in [0.2, 0.25) is 0 Å². The zero-order valence-electron chi connectivity index (χ0n) is 9.29. The van der Waals surface area contributed by atoms with E-state index >= 15 is 0 Å². The fourth-order valence-electron chi connectivity index (χ4n) is 1.12. The molecule has 0 aliphatic heterocycles. The van der Waals surface area contributed by atoms with Crippen molar-refractivity contribution < 1.29 is 17.5 Å². The first kappa shape index (κ1) is 15.0. The maximum Gasteiger partial charge on any atom is 0.394 e. The Balaban J connectivity index is 0.000000385. The maximum atomic E-state index is 8.74. The molecule has 0 aromatic heterocycles. The molecule has 6 heteroatoms. The average molecular weight is 247 g/mol. The first-order valence-electron chi connectivity index (χ1n) is 4.60. The molecule has 4 N–H and O–H groups in total. The fraction of sp³-hybridized carbons (Fsp3) is 0.400. The van der Waals surface area contributed by atoms with E-state index in [1.807, 2.05) is 32.0 Å². The Bertz CT molecular complexity index is 387. The van der Waals surface area contributed by atoms with Crippen LogP contribution in [0.5, 0.6) is 0 Å². The highest BCUT2D eigenvalue weighted by molar-refractivity contribution is 7.79. The highest BCUT2D eigenvalue weighted by Crippen LogP contribution is 2.08. The Morgan fingerprint density at radius 1 is 1.19 bits per heavy atom. The highest BCUT2D eigenvalue weighted by Gasteiger charge is 2.10. The molecule has 0 unspecified atom stereocenters. The second kappa shape index (κ2) is 5.95.